The number of benzene rings is 2. The van der Waals surface area contributed by atoms with Crippen molar-refractivity contribution in [3.05, 3.63) is 60.2 Å². The number of amides is 2. The fraction of sp³-hybridized carbons (Fsp3) is 0.286. The van der Waals surface area contributed by atoms with Crippen LogP contribution in [0.4, 0.5) is 0 Å². The van der Waals surface area contributed by atoms with E-state index in [1.807, 2.05) is 54.6 Å². The van der Waals surface area contributed by atoms with Crippen molar-refractivity contribution in [1.29, 1.82) is 0 Å². The summed E-state index contributed by atoms with van der Waals surface area (Å²) in [5.41, 5.74) is 8.45. The summed E-state index contributed by atoms with van der Waals surface area (Å²) in [6, 6.07) is 16.8. The van der Waals surface area contributed by atoms with Crippen molar-refractivity contribution in [1.82, 2.24) is 5.32 Å². The van der Waals surface area contributed by atoms with E-state index in [1.165, 1.54) is 0 Å². The van der Waals surface area contributed by atoms with E-state index >= 15 is 0 Å². The third kappa shape index (κ3) is 6.58. The van der Waals surface area contributed by atoms with E-state index in [1.54, 1.807) is 6.92 Å². The van der Waals surface area contributed by atoms with Crippen LogP contribution in [0, 0.1) is 0 Å². The van der Waals surface area contributed by atoms with Crippen LogP contribution in [0.3, 0.4) is 0 Å². The van der Waals surface area contributed by atoms with Gasteiger partial charge in [-0.25, -0.2) is 0 Å². The first-order valence-corrected chi connectivity index (χ1v) is 8.88. The minimum absolute atomic E-state index is 0.0308. The SMILES string of the molecule is CCOC(=O)CCC(=O)N[C@H](Cc1ccc(-c2ccccc2)cc1)C(N)=O. The van der Waals surface area contributed by atoms with E-state index in [-0.39, 0.29) is 25.9 Å². The largest absolute Gasteiger partial charge is 0.466 e. The summed E-state index contributed by atoms with van der Waals surface area (Å²) in [5.74, 6) is -1.47. The second-order valence-electron chi connectivity index (χ2n) is 6.09. The molecule has 2 rings (SSSR count). The number of nitrogens with one attached hydrogen (secondary N) is 1. The molecular weight excluding hydrogens is 344 g/mol. The number of hydrogen-bond donors (Lipinski definition) is 2. The Morgan fingerprint density at radius 1 is 0.963 bits per heavy atom. The molecule has 6 heteroatoms. The molecular formula is C21H24N2O4. The first-order valence-electron chi connectivity index (χ1n) is 8.88. The van der Waals surface area contributed by atoms with Crippen molar-refractivity contribution in [2.75, 3.05) is 6.61 Å². The van der Waals surface area contributed by atoms with Crippen molar-refractivity contribution in [2.45, 2.75) is 32.2 Å². The highest BCUT2D eigenvalue weighted by atomic mass is 16.5. The molecule has 2 amide bonds. The van der Waals surface area contributed by atoms with E-state index in [0.29, 0.717) is 0 Å². The lowest BCUT2D eigenvalue weighted by Gasteiger charge is -2.16. The topological polar surface area (TPSA) is 98.5 Å². The molecule has 27 heavy (non-hydrogen) atoms. The monoisotopic (exact) mass is 368 g/mol. The second-order valence-corrected chi connectivity index (χ2v) is 6.09. The van der Waals surface area contributed by atoms with Gasteiger partial charge in [0, 0.05) is 12.8 Å². The molecule has 142 valence electrons. The van der Waals surface area contributed by atoms with Crippen LogP contribution in [0.25, 0.3) is 11.1 Å². The lowest BCUT2D eigenvalue weighted by atomic mass is 10.0. The number of carbonyl (C=O) groups excluding carboxylic acids is 3. The molecule has 2 aromatic carbocycles. The Bertz CT molecular complexity index is 773. The maximum atomic E-state index is 12.0. The van der Waals surface area contributed by atoms with Crippen LogP contribution in [0.1, 0.15) is 25.3 Å². The summed E-state index contributed by atoms with van der Waals surface area (Å²) >= 11 is 0. The number of carbonyl (C=O) groups is 3. The molecule has 0 spiro atoms. The van der Waals surface area contributed by atoms with Crippen molar-refractivity contribution in [3.63, 3.8) is 0 Å². The summed E-state index contributed by atoms with van der Waals surface area (Å²) < 4.78 is 4.78. The number of nitrogens with two attached hydrogens (primary N) is 1. The zero-order valence-electron chi connectivity index (χ0n) is 15.3. The van der Waals surface area contributed by atoms with Crippen LogP contribution in [0.5, 0.6) is 0 Å². The van der Waals surface area contributed by atoms with Crippen LogP contribution in [0.15, 0.2) is 54.6 Å². The highest BCUT2D eigenvalue weighted by Gasteiger charge is 2.19. The van der Waals surface area contributed by atoms with Gasteiger partial charge < -0.3 is 15.8 Å². The van der Waals surface area contributed by atoms with E-state index in [9.17, 15) is 14.4 Å². The smallest absolute Gasteiger partial charge is 0.306 e. The molecule has 0 saturated carbocycles. The summed E-state index contributed by atoms with van der Waals surface area (Å²) in [6.07, 6.45) is 0.210. The Kier molecular flexibility index (Phi) is 7.55. The molecule has 2 aromatic rings. The van der Waals surface area contributed by atoms with Gasteiger partial charge in [0.25, 0.3) is 0 Å². The zero-order chi connectivity index (χ0) is 19.6. The predicted molar refractivity (Wildman–Crippen MR) is 103 cm³/mol. The maximum Gasteiger partial charge on any atom is 0.306 e. The van der Waals surface area contributed by atoms with E-state index in [2.05, 4.69) is 5.32 Å². The molecule has 0 saturated heterocycles. The van der Waals surface area contributed by atoms with Crippen molar-refractivity contribution in [3.8, 4) is 11.1 Å². The quantitative estimate of drug-likeness (QED) is 0.663. The molecule has 0 bridgehead atoms. The molecule has 1 atom stereocenters. The molecule has 0 heterocycles. The summed E-state index contributed by atoms with van der Waals surface area (Å²) in [7, 11) is 0. The van der Waals surface area contributed by atoms with Gasteiger partial charge in [-0.1, -0.05) is 54.6 Å². The van der Waals surface area contributed by atoms with Crippen LogP contribution in [-0.2, 0) is 25.5 Å². The molecule has 0 fully saturated rings. The molecule has 6 nitrogen and oxygen atoms in total. The molecule has 0 aromatic heterocycles. The van der Waals surface area contributed by atoms with E-state index in [4.69, 9.17) is 10.5 Å². The lowest BCUT2D eigenvalue weighted by molar-refractivity contribution is -0.144. The minimum Gasteiger partial charge on any atom is -0.466 e. The molecule has 0 aliphatic heterocycles. The average molecular weight is 368 g/mol. The molecule has 0 aliphatic rings. The van der Waals surface area contributed by atoms with Crippen LogP contribution in [-0.4, -0.2) is 30.4 Å². The van der Waals surface area contributed by atoms with Gasteiger partial charge in [0.1, 0.15) is 6.04 Å². The maximum absolute atomic E-state index is 12.0. The predicted octanol–water partition coefficient (Wildman–Crippen LogP) is 2.21. The van der Waals surface area contributed by atoms with Gasteiger partial charge in [-0.15, -0.1) is 0 Å². The number of ether oxygens (including phenoxy) is 1. The number of esters is 1. The van der Waals surface area contributed by atoms with E-state index in [0.717, 1.165) is 16.7 Å². The Morgan fingerprint density at radius 2 is 1.59 bits per heavy atom. The number of hydrogen-bond acceptors (Lipinski definition) is 4. The van der Waals surface area contributed by atoms with Gasteiger partial charge >= 0.3 is 5.97 Å². The van der Waals surface area contributed by atoms with Crippen molar-refractivity contribution in [2.24, 2.45) is 5.73 Å². The van der Waals surface area contributed by atoms with Crippen LogP contribution < -0.4 is 11.1 Å². The Balaban J connectivity index is 1.94. The van der Waals surface area contributed by atoms with Crippen molar-refractivity contribution >= 4 is 17.8 Å². The Hall–Kier alpha value is -3.15. The number of primary amides is 1. The lowest BCUT2D eigenvalue weighted by Crippen LogP contribution is -2.45. The first kappa shape index (κ1) is 20.2. The molecule has 0 radical (unpaired) electrons. The average Bonchev–Trinajstić information content (AvgIpc) is 2.67. The normalized spacial score (nSPS) is 11.4. The highest BCUT2D eigenvalue weighted by Crippen LogP contribution is 2.19. The van der Waals surface area contributed by atoms with Gasteiger partial charge in [-0.05, 0) is 23.6 Å². The molecule has 3 N–H and O–H groups in total. The fourth-order valence-corrected chi connectivity index (χ4v) is 2.64. The Morgan fingerprint density at radius 3 is 2.19 bits per heavy atom. The third-order valence-corrected chi connectivity index (χ3v) is 4.04. The van der Waals surface area contributed by atoms with E-state index < -0.39 is 23.8 Å². The number of rotatable bonds is 9. The summed E-state index contributed by atoms with van der Waals surface area (Å²) in [6.45, 7) is 1.97. The van der Waals surface area contributed by atoms with Gasteiger partial charge in [0.15, 0.2) is 0 Å². The second kappa shape index (κ2) is 10.1. The minimum atomic E-state index is -0.831. The van der Waals surface area contributed by atoms with Crippen LogP contribution in [0.2, 0.25) is 0 Å². The summed E-state index contributed by atoms with van der Waals surface area (Å²) in [5, 5.41) is 2.59. The van der Waals surface area contributed by atoms with Crippen molar-refractivity contribution < 1.29 is 19.1 Å². The fourth-order valence-electron chi connectivity index (χ4n) is 2.64. The zero-order valence-corrected chi connectivity index (χ0v) is 15.3. The Labute approximate surface area is 158 Å². The van der Waals surface area contributed by atoms with Gasteiger partial charge in [0.2, 0.25) is 11.8 Å². The van der Waals surface area contributed by atoms with Gasteiger partial charge in [0.05, 0.1) is 13.0 Å². The van der Waals surface area contributed by atoms with Gasteiger partial charge in [-0.3, -0.25) is 14.4 Å². The van der Waals surface area contributed by atoms with Crippen LogP contribution >= 0.6 is 0 Å². The van der Waals surface area contributed by atoms with Gasteiger partial charge in [-0.2, -0.15) is 0 Å². The summed E-state index contributed by atoms with van der Waals surface area (Å²) in [4.78, 5) is 35.0. The third-order valence-electron chi connectivity index (χ3n) is 4.04. The standard InChI is InChI=1S/C21H24N2O4/c1-2-27-20(25)13-12-19(24)23-18(21(22)26)14-15-8-10-17(11-9-15)16-6-4-3-5-7-16/h3-11,18H,2,12-14H2,1H3,(H2,22,26)(H,23,24)/t18-/m1/s1. The molecule has 0 aliphatic carbocycles. The molecule has 0 unspecified atom stereocenters. The highest BCUT2D eigenvalue weighted by molar-refractivity contribution is 5.88. The first-order chi connectivity index (χ1) is 13.0.